The minimum atomic E-state index is -5.08. The number of nitrogens with zero attached hydrogens (tertiary/aromatic N) is 4. The van der Waals surface area contributed by atoms with Crippen LogP contribution in [0.2, 0.25) is 0 Å². The van der Waals surface area contributed by atoms with Gasteiger partial charge in [0.2, 0.25) is 16.0 Å². The molecule has 2 fully saturated rings. The molecule has 0 bridgehead atoms. The lowest BCUT2D eigenvalue weighted by Gasteiger charge is -2.33. The van der Waals surface area contributed by atoms with E-state index in [9.17, 15) is 21.6 Å². The number of piperazine rings is 2. The maximum atomic E-state index is 13.4. The molecular weight excluding hydrogens is 515 g/mol. The van der Waals surface area contributed by atoms with Gasteiger partial charge in [0.15, 0.2) is 0 Å². The molecule has 3 heterocycles. The number of halogens is 3. The van der Waals surface area contributed by atoms with Crippen molar-refractivity contribution in [2.75, 3.05) is 62.6 Å². The van der Waals surface area contributed by atoms with E-state index in [0.717, 1.165) is 37.4 Å². The SMILES string of the molecule is C=Cc1cnc(Nc2ccc(S(=O)(=O)N3CCNCC3)c(N3CCNCC3)c2)nc1.O=C(O)C(F)(F)F. The Hall–Kier alpha value is -3.27. The zero-order chi connectivity index (χ0) is 27.1. The van der Waals surface area contributed by atoms with Gasteiger partial charge in [-0.05, 0) is 18.2 Å². The quantitative estimate of drug-likeness (QED) is 0.424. The first-order valence-corrected chi connectivity index (χ1v) is 12.8. The van der Waals surface area contributed by atoms with Gasteiger partial charge < -0.3 is 26.0 Å². The van der Waals surface area contributed by atoms with Crippen molar-refractivity contribution in [3.63, 3.8) is 0 Å². The van der Waals surface area contributed by atoms with Crippen LogP contribution in [0.15, 0.2) is 42.1 Å². The molecule has 0 aliphatic carbocycles. The van der Waals surface area contributed by atoms with Gasteiger partial charge in [-0.1, -0.05) is 12.7 Å². The van der Waals surface area contributed by atoms with E-state index in [1.165, 1.54) is 0 Å². The number of anilines is 3. The zero-order valence-electron chi connectivity index (χ0n) is 19.8. The Bertz CT molecular complexity index is 1180. The van der Waals surface area contributed by atoms with Crippen molar-refractivity contribution >= 4 is 39.4 Å². The first-order chi connectivity index (χ1) is 17.5. The molecule has 4 rings (SSSR count). The van der Waals surface area contributed by atoms with Crippen LogP contribution in [0.4, 0.5) is 30.5 Å². The minimum absolute atomic E-state index is 0.347. The average molecular weight is 544 g/mol. The van der Waals surface area contributed by atoms with E-state index in [0.29, 0.717) is 42.7 Å². The zero-order valence-corrected chi connectivity index (χ0v) is 20.6. The highest BCUT2D eigenvalue weighted by Crippen LogP contribution is 2.32. The number of benzene rings is 1. The van der Waals surface area contributed by atoms with Crippen molar-refractivity contribution < 1.29 is 31.5 Å². The van der Waals surface area contributed by atoms with E-state index >= 15 is 0 Å². The first-order valence-electron chi connectivity index (χ1n) is 11.3. The Balaban J connectivity index is 0.000000479. The van der Waals surface area contributed by atoms with E-state index in [1.807, 2.05) is 6.07 Å². The summed E-state index contributed by atoms with van der Waals surface area (Å²) >= 11 is 0. The summed E-state index contributed by atoms with van der Waals surface area (Å²) in [6.45, 7) is 9.12. The van der Waals surface area contributed by atoms with Crippen molar-refractivity contribution in [1.29, 1.82) is 0 Å². The Labute approximate surface area is 212 Å². The third-order valence-electron chi connectivity index (χ3n) is 5.52. The van der Waals surface area contributed by atoms with Crippen LogP contribution in [0.25, 0.3) is 6.08 Å². The minimum Gasteiger partial charge on any atom is -0.475 e. The summed E-state index contributed by atoms with van der Waals surface area (Å²) in [5.41, 5.74) is 2.29. The standard InChI is InChI=1S/C20H27N7O2S.C2HF3O2/c1-2-16-14-23-20(24-15-16)25-17-3-4-19(18(13-17)26-9-5-21-6-10-26)30(28,29)27-11-7-22-8-12-27;3-2(4,5)1(6)7/h2-4,13-15,21-22H,1,5-12H2,(H,23,24,25);(H,6,7). The van der Waals surface area contributed by atoms with Crippen molar-refractivity contribution in [3.8, 4) is 0 Å². The number of hydrogen-bond donors (Lipinski definition) is 4. The third kappa shape index (κ3) is 7.61. The summed E-state index contributed by atoms with van der Waals surface area (Å²) in [6.07, 6.45) is -0.0341. The molecule has 0 atom stereocenters. The summed E-state index contributed by atoms with van der Waals surface area (Å²) in [4.78, 5) is 19.9. The third-order valence-corrected chi connectivity index (χ3v) is 7.46. The maximum absolute atomic E-state index is 13.4. The van der Waals surface area contributed by atoms with E-state index in [4.69, 9.17) is 9.90 Å². The second-order valence-electron chi connectivity index (χ2n) is 8.05. The van der Waals surface area contributed by atoms with Crippen LogP contribution in [0.5, 0.6) is 0 Å². The van der Waals surface area contributed by atoms with Crippen molar-refractivity contribution in [1.82, 2.24) is 24.9 Å². The van der Waals surface area contributed by atoms with Gasteiger partial charge in [-0.2, -0.15) is 17.5 Å². The van der Waals surface area contributed by atoms with Crippen molar-refractivity contribution in [3.05, 3.63) is 42.7 Å². The first kappa shape index (κ1) is 28.3. The van der Waals surface area contributed by atoms with Crippen LogP contribution >= 0.6 is 0 Å². The second kappa shape index (κ2) is 12.3. The summed E-state index contributed by atoms with van der Waals surface area (Å²) in [5.74, 6) is -2.31. The molecule has 11 nitrogen and oxygen atoms in total. The number of carboxylic acids is 1. The Kier molecular flexibility index (Phi) is 9.42. The lowest BCUT2D eigenvalue weighted by Crippen LogP contribution is -2.47. The van der Waals surface area contributed by atoms with Crippen molar-refractivity contribution in [2.24, 2.45) is 0 Å². The Morgan fingerprint density at radius 2 is 1.59 bits per heavy atom. The molecule has 2 aliphatic heterocycles. The summed E-state index contributed by atoms with van der Waals surface area (Å²) in [5, 5.41) is 16.8. The number of nitrogens with one attached hydrogen (secondary N) is 3. The molecule has 0 radical (unpaired) electrons. The molecule has 0 amide bonds. The molecule has 0 unspecified atom stereocenters. The van der Waals surface area contributed by atoms with Crippen molar-refractivity contribution in [2.45, 2.75) is 11.1 Å². The van der Waals surface area contributed by atoms with Gasteiger partial charge in [0.1, 0.15) is 4.90 Å². The normalized spacial score (nSPS) is 16.9. The predicted octanol–water partition coefficient (Wildman–Crippen LogP) is 1.50. The highest BCUT2D eigenvalue weighted by Gasteiger charge is 2.38. The highest BCUT2D eigenvalue weighted by atomic mass is 32.2. The second-order valence-corrected chi connectivity index (χ2v) is 9.95. The molecule has 4 N–H and O–H groups in total. The number of hydrogen-bond acceptors (Lipinski definition) is 9. The fourth-order valence-electron chi connectivity index (χ4n) is 3.63. The number of alkyl halides is 3. The number of sulfonamides is 1. The highest BCUT2D eigenvalue weighted by molar-refractivity contribution is 7.89. The molecule has 202 valence electrons. The van der Waals surface area contributed by atoms with Crippen LogP contribution < -0.4 is 20.9 Å². The topological polar surface area (TPSA) is 140 Å². The van der Waals surface area contributed by atoms with Gasteiger partial charge in [-0.3, -0.25) is 0 Å². The molecule has 37 heavy (non-hydrogen) atoms. The molecule has 2 saturated heterocycles. The molecule has 0 saturated carbocycles. The molecule has 2 aliphatic rings. The fourth-order valence-corrected chi connectivity index (χ4v) is 5.26. The van der Waals surface area contributed by atoms with Gasteiger partial charge in [0.05, 0.1) is 5.69 Å². The van der Waals surface area contributed by atoms with Gasteiger partial charge >= 0.3 is 12.1 Å². The summed E-state index contributed by atoms with van der Waals surface area (Å²) in [6, 6.07) is 5.34. The Morgan fingerprint density at radius 3 is 2.11 bits per heavy atom. The van der Waals surface area contributed by atoms with Gasteiger partial charge in [0, 0.05) is 76.0 Å². The number of aromatic nitrogens is 2. The monoisotopic (exact) mass is 543 g/mol. The largest absolute Gasteiger partial charge is 0.490 e. The smallest absolute Gasteiger partial charge is 0.475 e. The van der Waals surface area contributed by atoms with Crippen LogP contribution in [-0.2, 0) is 14.8 Å². The fraction of sp³-hybridized carbons (Fsp3) is 0.409. The van der Waals surface area contributed by atoms with Crippen LogP contribution in [0, 0.1) is 0 Å². The maximum Gasteiger partial charge on any atom is 0.490 e. The lowest BCUT2D eigenvalue weighted by atomic mass is 10.2. The number of aliphatic carboxylic acids is 1. The van der Waals surface area contributed by atoms with Crippen LogP contribution in [-0.4, -0.2) is 92.3 Å². The number of carbonyl (C=O) groups is 1. The molecule has 0 spiro atoms. The average Bonchev–Trinajstić information content (AvgIpc) is 2.90. The van der Waals surface area contributed by atoms with Crippen LogP contribution in [0.1, 0.15) is 5.56 Å². The number of carboxylic acid groups (broad SMARTS) is 1. The molecule has 15 heteroatoms. The summed E-state index contributed by atoms with van der Waals surface area (Å²) < 4.78 is 60.1. The molecule has 1 aromatic heterocycles. The lowest BCUT2D eigenvalue weighted by molar-refractivity contribution is -0.192. The predicted molar refractivity (Wildman–Crippen MR) is 132 cm³/mol. The molecular formula is C22H28F3N7O4S. The molecule has 2 aromatic rings. The van der Waals surface area contributed by atoms with Crippen LogP contribution in [0.3, 0.4) is 0 Å². The van der Waals surface area contributed by atoms with E-state index in [-0.39, 0.29) is 0 Å². The number of rotatable bonds is 6. The molecule has 1 aromatic carbocycles. The van der Waals surface area contributed by atoms with E-state index < -0.39 is 22.2 Å². The van der Waals surface area contributed by atoms with Gasteiger partial charge in [-0.15, -0.1) is 0 Å². The van der Waals surface area contributed by atoms with Gasteiger partial charge in [0.25, 0.3) is 0 Å². The summed E-state index contributed by atoms with van der Waals surface area (Å²) in [7, 11) is -3.58. The van der Waals surface area contributed by atoms with Gasteiger partial charge in [-0.25, -0.2) is 23.2 Å². The van der Waals surface area contributed by atoms with E-state index in [2.05, 4.69) is 37.4 Å². The Morgan fingerprint density at radius 1 is 1.05 bits per heavy atom. The van der Waals surface area contributed by atoms with E-state index in [1.54, 1.807) is 34.9 Å².